The van der Waals surface area contributed by atoms with Gasteiger partial charge in [-0.2, -0.15) is 9.78 Å². The Morgan fingerprint density at radius 1 is 1.15 bits per heavy atom. The lowest BCUT2D eigenvalue weighted by atomic mass is 10.1. The number of halogens is 1. The van der Waals surface area contributed by atoms with Crippen molar-refractivity contribution in [3.8, 4) is 11.5 Å². The number of carbonyl (C=O) groups is 2. The number of amides is 1. The molecule has 1 aromatic heterocycles. The fourth-order valence-electron chi connectivity index (χ4n) is 3.97. The Morgan fingerprint density at radius 2 is 1.91 bits per heavy atom. The zero-order chi connectivity index (χ0) is 23.5. The summed E-state index contributed by atoms with van der Waals surface area (Å²) in [5.74, 6) is 0.330. The van der Waals surface area contributed by atoms with Gasteiger partial charge in [0, 0.05) is 49.0 Å². The van der Waals surface area contributed by atoms with Crippen molar-refractivity contribution in [2.45, 2.75) is 26.4 Å². The first kappa shape index (κ1) is 22.8. The number of piperazine rings is 1. The van der Waals surface area contributed by atoms with Crippen LogP contribution in [-0.2, 0) is 6.54 Å². The van der Waals surface area contributed by atoms with Crippen LogP contribution in [0.15, 0.2) is 54.7 Å². The summed E-state index contributed by atoms with van der Waals surface area (Å²) in [5, 5.41) is 13.8. The number of aryl methyl sites for hydroxylation is 1. The topological polar surface area (TPSA) is 87.9 Å². The summed E-state index contributed by atoms with van der Waals surface area (Å²) in [6, 6.07) is 14.8. The number of rotatable bonds is 5. The van der Waals surface area contributed by atoms with Gasteiger partial charge in [-0.15, -0.1) is 0 Å². The van der Waals surface area contributed by atoms with Crippen molar-refractivity contribution < 1.29 is 19.4 Å². The van der Waals surface area contributed by atoms with Crippen LogP contribution in [0.4, 0.5) is 4.79 Å². The van der Waals surface area contributed by atoms with Gasteiger partial charge in [0.15, 0.2) is 5.69 Å². The van der Waals surface area contributed by atoms with Crippen molar-refractivity contribution in [3.63, 3.8) is 0 Å². The van der Waals surface area contributed by atoms with Crippen molar-refractivity contribution >= 4 is 23.6 Å². The minimum atomic E-state index is -1.14. The number of hydrogen-bond acceptors (Lipinski definition) is 5. The van der Waals surface area contributed by atoms with Crippen LogP contribution in [0.25, 0.3) is 0 Å². The second-order valence-corrected chi connectivity index (χ2v) is 8.61. The number of carbonyl (C=O) groups excluding carboxylic acids is 1. The molecule has 0 spiro atoms. The van der Waals surface area contributed by atoms with Gasteiger partial charge in [-0.3, -0.25) is 4.90 Å². The lowest BCUT2D eigenvalue weighted by Crippen LogP contribution is -2.54. The highest BCUT2D eigenvalue weighted by Gasteiger charge is 2.29. The summed E-state index contributed by atoms with van der Waals surface area (Å²) < 4.78 is 7.06. The third-order valence-corrected chi connectivity index (χ3v) is 5.86. The molecule has 1 unspecified atom stereocenters. The van der Waals surface area contributed by atoms with E-state index in [1.807, 2.05) is 37.3 Å². The van der Waals surface area contributed by atoms with Gasteiger partial charge in [0.1, 0.15) is 11.5 Å². The maximum atomic E-state index is 12.9. The zero-order valence-electron chi connectivity index (χ0n) is 18.4. The number of aromatic nitrogens is 2. The number of carboxylic acids is 1. The van der Waals surface area contributed by atoms with Crippen molar-refractivity contribution in [2.24, 2.45) is 0 Å². The molecule has 3 aromatic rings. The van der Waals surface area contributed by atoms with Gasteiger partial charge < -0.3 is 14.7 Å². The van der Waals surface area contributed by atoms with E-state index in [-0.39, 0.29) is 17.8 Å². The molecule has 4 rings (SSSR count). The fraction of sp³-hybridized carbons (Fsp3) is 0.292. The number of nitrogens with zero attached hydrogens (tertiary/aromatic N) is 4. The van der Waals surface area contributed by atoms with E-state index in [9.17, 15) is 14.7 Å². The van der Waals surface area contributed by atoms with E-state index in [4.69, 9.17) is 16.3 Å². The van der Waals surface area contributed by atoms with Gasteiger partial charge in [-0.25, -0.2) is 9.59 Å². The largest absolute Gasteiger partial charge is 0.476 e. The molecule has 1 fully saturated rings. The molecule has 8 nitrogen and oxygen atoms in total. The number of ether oxygens (including phenoxy) is 1. The lowest BCUT2D eigenvalue weighted by Gasteiger charge is -2.39. The van der Waals surface area contributed by atoms with E-state index >= 15 is 0 Å². The van der Waals surface area contributed by atoms with Crippen LogP contribution in [0.5, 0.6) is 11.5 Å². The van der Waals surface area contributed by atoms with Crippen LogP contribution < -0.4 is 4.74 Å². The van der Waals surface area contributed by atoms with Gasteiger partial charge >= 0.3 is 12.0 Å². The van der Waals surface area contributed by atoms with Gasteiger partial charge in [0.05, 0.1) is 0 Å². The highest BCUT2D eigenvalue weighted by atomic mass is 35.5. The zero-order valence-corrected chi connectivity index (χ0v) is 19.2. The lowest BCUT2D eigenvalue weighted by molar-refractivity contribution is 0.0688. The first-order valence-electron chi connectivity index (χ1n) is 10.7. The van der Waals surface area contributed by atoms with Gasteiger partial charge in [-0.1, -0.05) is 23.7 Å². The van der Waals surface area contributed by atoms with E-state index in [1.165, 1.54) is 6.20 Å². The molecule has 1 saturated heterocycles. The molecule has 2 heterocycles. The highest BCUT2D eigenvalue weighted by Crippen LogP contribution is 2.25. The first-order valence-corrected chi connectivity index (χ1v) is 11.0. The Labute approximate surface area is 196 Å². The van der Waals surface area contributed by atoms with E-state index in [1.54, 1.807) is 24.0 Å². The first-order chi connectivity index (χ1) is 15.8. The van der Waals surface area contributed by atoms with Gasteiger partial charge in [0.25, 0.3) is 0 Å². The van der Waals surface area contributed by atoms with Crippen molar-refractivity contribution in [2.75, 3.05) is 19.6 Å². The predicted molar refractivity (Wildman–Crippen MR) is 124 cm³/mol. The second-order valence-electron chi connectivity index (χ2n) is 8.17. The molecule has 0 radical (unpaired) electrons. The minimum absolute atomic E-state index is 0.0439. The minimum Gasteiger partial charge on any atom is -0.476 e. The average molecular weight is 469 g/mol. The van der Waals surface area contributed by atoms with Crippen LogP contribution in [0.3, 0.4) is 0 Å². The summed E-state index contributed by atoms with van der Waals surface area (Å²) in [5.41, 5.74) is 1.47. The number of aromatic carboxylic acids is 1. The monoisotopic (exact) mass is 468 g/mol. The Bertz CT molecular complexity index is 1160. The predicted octanol–water partition coefficient (Wildman–Crippen LogP) is 4.51. The molecule has 0 aliphatic carbocycles. The molecule has 0 bridgehead atoms. The second kappa shape index (κ2) is 9.64. The van der Waals surface area contributed by atoms with Gasteiger partial charge in [-0.05, 0) is 55.8 Å². The van der Waals surface area contributed by atoms with E-state index < -0.39 is 5.97 Å². The molecule has 172 valence electrons. The van der Waals surface area contributed by atoms with Crippen molar-refractivity contribution in [1.82, 2.24) is 19.6 Å². The molecule has 9 heteroatoms. The number of hydrogen-bond donors (Lipinski definition) is 1. The Morgan fingerprint density at radius 3 is 2.58 bits per heavy atom. The molecular weight excluding hydrogens is 444 g/mol. The standard InChI is InChI=1S/C24H25ClN4O4/c1-16-13-29(26-22(16)23(30)31)24(32)28-11-10-27(14-17(28)2)15-18-4-3-5-21(12-18)33-20-8-6-19(25)7-9-20/h3-9,12-13,17H,10-11,14-15H2,1-2H3,(H,30,31). The van der Waals surface area contributed by atoms with Crippen LogP contribution in [0, 0.1) is 6.92 Å². The SMILES string of the molecule is Cc1cn(C(=O)N2CCN(Cc3cccc(Oc4ccc(Cl)cc4)c3)CC2C)nc1C(=O)O. The molecule has 1 aliphatic heterocycles. The van der Waals surface area contributed by atoms with E-state index in [2.05, 4.69) is 16.1 Å². The van der Waals surface area contributed by atoms with Crippen LogP contribution in [0.2, 0.25) is 5.02 Å². The summed E-state index contributed by atoms with van der Waals surface area (Å²) in [6.45, 7) is 6.27. The van der Waals surface area contributed by atoms with Crippen LogP contribution >= 0.6 is 11.6 Å². The van der Waals surface area contributed by atoms with E-state index in [0.717, 1.165) is 28.3 Å². The molecule has 33 heavy (non-hydrogen) atoms. The molecule has 0 saturated carbocycles. The smallest absolute Gasteiger partial charge is 0.356 e. The summed E-state index contributed by atoms with van der Waals surface area (Å²) >= 11 is 5.93. The highest BCUT2D eigenvalue weighted by molar-refractivity contribution is 6.30. The van der Waals surface area contributed by atoms with Crippen molar-refractivity contribution in [1.29, 1.82) is 0 Å². The maximum absolute atomic E-state index is 12.9. The van der Waals surface area contributed by atoms with Gasteiger partial charge in [0.2, 0.25) is 0 Å². The Kier molecular flexibility index (Phi) is 6.67. The maximum Gasteiger partial charge on any atom is 0.356 e. The summed E-state index contributed by atoms with van der Waals surface area (Å²) in [6.07, 6.45) is 1.47. The quantitative estimate of drug-likeness (QED) is 0.592. The third kappa shape index (κ3) is 5.35. The Hall–Kier alpha value is -3.36. The number of carboxylic acid groups (broad SMARTS) is 1. The normalized spacial score (nSPS) is 16.6. The van der Waals surface area contributed by atoms with E-state index in [0.29, 0.717) is 30.2 Å². The van der Waals surface area contributed by atoms with Crippen LogP contribution in [0.1, 0.15) is 28.5 Å². The molecule has 2 aromatic carbocycles. The fourth-order valence-corrected chi connectivity index (χ4v) is 4.09. The van der Waals surface area contributed by atoms with Crippen molar-refractivity contribution in [3.05, 3.63) is 76.6 Å². The van der Waals surface area contributed by atoms with Crippen LogP contribution in [-0.4, -0.2) is 62.4 Å². The number of benzene rings is 2. The molecule has 1 atom stereocenters. The third-order valence-electron chi connectivity index (χ3n) is 5.61. The Balaban J connectivity index is 1.37. The molecular formula is C24H25ClN4O4. The molecule has 1 amide bonds. The molecule has 1 N–H and O–H groups in total. The summed E-state index contributed by atoms with van der Waals surface area (Å²) in [7, 11) is 0. The molecule has 1 aliphatic rings. The average Bonchev–Trinajstić information content (AvgIpc) is 3.17. The summed E-state index contributed by atoms with van der Waals surface area (Å²) in [4.78, 5) is 28.1.